The minimum Gasteiger partial charge on any atom is -0.452 e. The van der Waals surface area contributed by atoms with Gasteiger partial charge in [0.25, 0.3) is 5.91 Å². The summed E-state index contributed by atoms with van der Waals surface area (Å²) in [5.41, 5.74) is 6.51. The standard InChI is InChI=1S/C14H15N3O4/c1-8(13(19)17-14(15)20)21-12(18)6-9-7-16-11-5-3-2-4-10(9)11/h2-5,7-8,16H,6H2,1H3,(H3,15,17,19,20)/t8-/m1/s1. The van der Waals surface area contributed by atoms with E-state index in [1.807, 2.05) is 29.6 Å². The number of carbonyl (C=O) groups is 3. The summed E-state index contributed by atoms with van der Waals surface area (Å²) < 4.78 is 4.96. The predicted molar refractivity (Wildman–Crippen MR) is 75.3 cm³/mol. The molecule has 0 bridgehead atoms. The fourth-order valence-electron chi connectivity index (χ4n) is 1.95. The van der Waals surface area contributed by atoms with Crippen LogP contribution in [0.25, 0.3) is 10.9 Å². The zero-order chi connectivity index (χ0) is 15.4. The largest absolute Gasteiger partial charge is 0.452 e. The van der Waals surface area contributed by atoms with Crippen LogP contribution in [0.2, 0.25) is 0 Å². The van der Waals surface area contributed by atoms with Crippen molar-refractivity contribution in [3.05, 3.63) is 36.0 Å². The molecule has 0 aliphatic rings. The highest BCUT2D eigenvalue weighted by molar-refractivity contribution is 5.96. The Morgan fingerprint density at radius 2 is 2.05 bits per heavy atom. The minimum absolute atomic E-state index is 0.0260. The first-order valence-electron chi connectivity index (χ1n) is 6.32. The van der Waals surface area contributed by atoms with Crippen LogP contribution < -0.4 is 11.1 Å². The average molecular weight is 289 g/mol. The topological polar surface area (TPSA) is 114 Å². The fourth-order valence-corrected chi connectivity index (χ4v) is 1.95. The van der Waals surface area contributed by atoms with E-state index in [4.69, 9.17) is 10.5 Å². The Morgan fingerprint density at radius 3 is 2.76 bits per heavy atom. The zero-order valence-corrected chi connectivity index (χ0v) is 11.4. The lowest BCUT2D eigenvalue weighted by molar-refractivity contribution is -0.153. The summed E-state index contributed by atoms with van der Waals surface area (Å²) >= 11 is 0. The van der Waals surface area contributed by atoms with Crippen molar-refractivity contribution in [1.29, 1.82) is 0 Å². The molecule has 2 rings (SSSR count). The van der Waals surface area contributed by atoms with Crippen LogP contribution in [0.3, 0.4) is 0 Å². The molecule has 1 heterocycles. The number of carbonyl (C=O) groups excluding carboxylic acids is 3. The number of urea groups is 1. The van der Waals surface area contributed by atoms with Gasteiger partial charge in [0.05, 0.1) is 6.42 Å². The summed E-state index contributed by atoms with van der Waals surface area (Å²) in [4.78, 5) is 36.8. The number of nitrogens with two attached hydrogens (primary N) is 1. The first-order chi connectivity index (χ1) is 9.97. The van der Waals surface area contributed by atoms with Gasteiger partial charge in [-0.05, 0) is 18.6 Å². The molecule has 7 heteroatoms. The van der Waals surface area contributed by atoms with Gasteiger partial charge >= 0.3 is 12.0 Å². The summed E-state index contributed by atoms with van der Waals surface area (Å²) in [6, 6.07) is 6.55. The molecule has 0 aliphatic heterocycles. The average Bonchev–Trinajstić information content (AvgIpc) is 2.81. The molecule has 0 aliphatic carbocycles. The number of rotatable bonds is 4. The number of fused-ring (bicyclic) bond motifs is 1. The van der Waals surface area contributed by atoms with Crippen molar-refractivity contribution >= 4 is 28.8 Å². The number of hydrogen-bond acceptors (Lipinski definition) is 4. The zero-order valence-electron chi connectivity index (χ0n) is 11.4. The lowest BCUT2D eigenvalue weighted by Gasteiger charge is -2.11. The number of benzene rings is 1. The van der Waals surface area contributed by atoms with Crippen molar-refractivity contribution < 1.29 is 19.1 Å². The maximum Gasteiger partial charge on any atom is 0.318 e. The molecule has 0 radical (unpaired) electrons. The second-order valence-electron chi connectivity index (χ2n) is 4.52. The van der Waals surface area contributed by atoms with E-state index < -0.39 is 24.0 Å². The normalized spacial score (nSPS) is 11.9. The molecule has 7 nitrogen and oxygen atoms in total. The van der Waals surface area contributed by atoms with Crippen LogP contribution in [0, 0.1) is 0 Å². The maximum atomic E-state index is 11.8. The number of H-pyrrole nitrogens is 1. The van der Waals surface area contributed by atoms with Gasteiger partial charge in [-0.3, -0.25) is 14.9 Å². The van der Waals surface area contributed by atoms with E-state index in [9.17, 15) is 14.4 Å². The Hall–Kier alpha value is -2.83. The van der Waals surface area contributed by atoms with Crippen LogP contribution in [-0.4, -0.2) is 29.0 Å². The lowest BCUT2D eigenvalue weighted by Crippen LogP contribution is -2.42. The predicted octanol–water partition coefficient (Wildman–Crippen LogP) is 0.837. The number of aromatic nitrogens is 1. The van der Waals surface area contributed by atoms with E-state index in [0.29, 0.717) is 0 Å². The summed E-state index contributed by atoms with van der Waals surface area (Å²) in [7, 11) is 0. The molecular weight excluding hydrogens is 274 g/mol. The van der Waals surface area contributed by atoms with Crippen LogP contribution >= 0.6 is 0 Å². The van der Waals surface area contributed by atoms with Crippen LogP contribution in [-0.2, 0) is 20.7 Å². The molecule has 2 aromatic rings. The van der Waals surface area contributed by atoms with Crippen LogP contribution in [0.4, 0.5) is 4.79 Å². The highest BCUT2D eigenvalue weighted by Gasteiger charge is 2.19. The third-order valence-corrected chi connectivity index (χ3v) is 2.93. The quantitative estimate of drug-likeness (QED) is 0.723. The molecule has 1 aromatic carbocycles. The molecule has 0 fully saturated rings. The smallest absolute Gasteiger partial charge is 0.318 e. The van der Waals surface area contributed by atoms with Gasteiger partial charge in [-0.25, -0.2) is 4.79 Å². The molecule has 110 valence electrons. The van der Waals surface area contributed by atoms with Crippen molar-refractivity contribution in [2.24, 2.45) is 5.73 Å². The second-order valence-corrected chi connectivity index (χ2v) is 4.52. The van der Waals surface area contributed by atoms with E-state index in [0.717, 1.165) is 16.5 Å². The van der Waals surface area contributed by atoms with Gasteiger partial charge in [0, 0.05) is 17.1 Å². The summed E-state index contributed by atoms with van der Waals surface area (Å²) in [5, 5.41) is 2.77. The van der Waals surface area contributed by atoms with Crippen molar-refractivity contribution in [2.45, 2.75) is 19.4 Å². The molecule has 3 amide bonds. The van der Waals surface area contributed by atoms with E-state index >= 15 is 0 Å². The SMILES string of the molecule is C[C@@H](OC(=O)Cc1c[nH]c2ccccc12)C(=O)NC(N)=O. The van der Waals surface area contributed by atoms with Gasteiger partial charge in [0.1, 0.15) is 0 Å². The minimum atomic E-state index is -1.09. The molecule has 0 saturated carbocycles. The highest BCUT2D eigenvalue weighted by atomic mass is 16.5. The van der Waals surface area contributed by atoms with Crippen molar-refractivity contribution in [3.8, 4) is 0 Å². The Labute approximate surface area is 120 Å². The molecule has 0 saturated heterocycles. The van der Waals surface area contributed by atoms with E-state index in [1.54, 1.807) is 6.20 Å². The van der Waals surface area contributed by atoms with Crippen LogP contribution in [0.1, 0.15) is 12.5 Å². The number of imide groups is 1. The van der Waals surface area contributed by atoms with E-state index in [2.05, 4.69) is 4.98 Å². The van der Waals surface area contributed by atoms with Gasteiger partial charge < -0.3 is 15.5 Å². The van der Waals surface area contributed by atoms with Crippen LogP contribution in [0.15, 0.2) is 30.5 Å². The molecule has 1 aromatic heterocycles. The molecule has 1 atom stereocenters. The van der Waals surface area contributed by atoms with Gasteiger partial charge in [-0.1, -0.05) is 18.2 Å². The first-order valence-corrected chi connectivity index (χ1v) is 6.32. The Kier molecular flexibility index (Phi) is 4.22. The second kappa shape index (κ2) is 6.08. The number of esters is 1. The Bertz CT molecular complexity index is 692. The number of hydrogen-bond donors (Lipinski definition) is 3. The molecule has 21 heavy (non-hydrogen) atoms. The van der Waals surface area contributed by atoms with Gasteiger partial charge in [0.2, 0.25) is 0 Å². The van der Waals surface area contributed by atoms with Crippen LogP contribution in [0.5, 0.6) is 0 Å². The summed E-state index contributed by atoms with van der Waals surface area (Å²) in [5.74, 6) is -1.32. The number of primary amides is 1. The Morgan fingerprint density at radius 1 is 1.33 bits per heavy atom. The third-order valence-electron chi connectivity index (χ3n) is 2.93. The third kappa shape index (κ3) is 3.59. The monoisotopic (exact) mass is 289 g/mol. The van der Waals surface area contributed by atoms with Crippen molar-refractivity contribution in [1.82, 2.24) is 10.3 Å². The first kappa shape index (κ1) is 14.6. The van der Waals surface area contributed by atoms with E-state index in [-0.39, 0.29) is 6.42 Å². The molecule has 0 spiro atoms. The number of amides is 3. The molecule has 0 unspecified atom stereocenters. The van der Waals surface area contributed by atoms with Crippen molar-refractivity contribution in [2.75, 3.05) is 0 Å². The highest BCUT2D eigenvalue weighted by Crippen LogP contribution is 2.18. The van der Waals surface area contributed by atoms with Gasteiger partial charge in [-0.2, -0.15) is 0 Å². The number of nitrogens with one attached hydrogen (secondary N) is 2. The summed E-state index contributed by atoms with van der Waals surface area (Å²) in [6.45, 7) is 1.37. The molecule has 4 N–H and O–H groups in total. The van der Waals surface area contributed by atoms with Gasteiger partial charge in [0.15, 0.2) is 6.10 Å². The number of aromatic amines is 1. The fraction of sp³-hybridized carbons (Fsp3) is 0.214. The van der Waals surface area contributed by atoms with E-state index in [1.165, 1.54) is 6.92 Å². The van der Waals surface area contributed by atoms with Gasteiger partial charge in [-0.15, -0.1) is 0 Å². The number of para-hydroxylation sites is 1. The molecular formula is C14H15N3O4. The maximum absolute atomic E-state index is 11.8. The Balaban J connectivity index is 1.98. The number of ether oxygens (including phenoxy) is 1. The van der Waals surface area contributed by atoms with Crippen molar-refractivity contribution in [3.63, 3.8) is 0 Å². The summed E-state index contributed by atoms with van der Waals surface area (Å²) in [6.07, 6.45) is 0.661. The lowest BCUT2D eigenvalue weighted by atomic mass is 10.1.